The summed E-state index contributed by atoms with van der Waals surface area (Å²) >= 11 is 0. The predicted molar refractivity (Wildman–Crippen MR) is 114 cm³/mol. The summed E-state index contributed by atoms with van der Waals surface area (Å²) in [5.74, 6) is 0. The van der Waals surface area contributed by atoms with Gasteiger partial charge in [-0.05, 0) is 5.19 Å². The second-order valence-corrected chi connectivity index (χ2v) is 31.5. The summed E-state index contributed by atoms with van der Waals surface area (Å²) in [4.78, 5) is 12.2. The lowest BCUT2D eigenvalue weighted by Crippen LogP contribution is -2.81. The first-order valence-electron chi connectivity index (χ1n) is 8.50. The van der Waals surface area contributed by atoms with Crippen LogP contribution in [0.1, 0.15) is 0 Å². The highest BCUT2D eigenvalue weighted by Gasteiger charge is 2.73. The molecule has 132 valence electrons. The average Bonchev–Trinajstić information content (AvgIpc) is 2.34. The van der Waals surface area contributed by atoms with Gasteiger partial charge in [0.25, 0.3) is 0 Å². The van der Waals surface area contributed by atoms with Gasteiger partial charge in [-0.2, -0.15) is 0 Å². The Kier molecular flexibility index (Phi) is 5.84. The first-order chi connectivity index (χ1) is 10.2. The lowest BCUT2D eigenvalue weighted by Gasteiger charge is -2.63. The molecule has 0 aliphatic heterocycles. The normalized spacial score (nSPS) is 17.0. The molecule has 0 heterocycles. The minimum absolute atomic E-state index is 0.0100. The molecule has 2 nitrogen and oxygen atoms in total. The van der Waals surface area contributed by atoms with Crippen LogP contribution < -0.4 is 5.19 Å². The minimum atomic E-state index is -3.10. The molecule has 1 atom stereocenters. The third kappa shape index (κ3) is 3.14. The van der Waals surface area contributed by atoms with Gasteiger partial charge < -0.3 is 9.22 Å². The van der Waals surface area contributed by atoms with Gasteiger partial charge in [0.05, 0.1) is 0 Å². The van der Waals surface area contributed by atoms with Crippen molar-refractivity contribution in [2.75, 3.05) is 7.11 Å². The molecule has 1 unspecified atom stereocenters. The largest absolute Gasteiger partial charge is 0.407 e. The highest BCUT2D eigenvalue weighted by Crippen LogP contribution is 2.58. The van der Waals surface area contributed by atoms with Crippen molar-refractivity contribution in [2.45, 2.75) is 62.8 Å². The molecule has 0 bridgehead atoms. The van der Waals surface area contributed by atoms with E-state index < -0.39 is 32.8 Å². The van der Waals surface area contributed by atoms with Crippen molar-refractivity contribution in [3.8, 4) is 0 Å². The summed E-state index contributed by atoms with van der Waals surface area (Å²) in [6, 6.07) is 10.3. The molecule has 0 spiro atoms. The van der Waals surface area contributed by atoms with Crippen molar-refractivity contribution in [3.05, 3.63) is 30.3 Å². The van der Waals surface area contributed by atoms with Crippen LogP contribution in [0.2, 0.25) is 62.8 Å². The summed E-state index contributed by atoms with van der Waals surface area (Å²) in [6.45, 7) is 22.0. The third-order valence-corrected chi connectivity index (χ3v) is 38.1. The Morgan fingerprint density at radius 1 is 0.739 bits per heavy atom. The van der Waals surface area contributed by atoms with Crippen molar-refractivity contribution < 1.29 is 9.22 Å². The van der Waals surface area contributed by atoms with Crippen LogP contribution in [0.15, 0.2) is 30.3 Å². The van der Waals surface area contributed by atoms with E-state index in [4.69, 9.17) is 4.43 Å². The molecule has 0 saturated heterocycles. The van der Waals surface area contributed by atoms with E-state index in [2.05, 4.69) is 71.1 Å². The van der Waals surface area contributed by atoms with E-state index >= 15 is 0 Å². The third-order valence-electron chi connectivity index (χ3n) is 5.34. The van der Waals surface area contributed by atoms with Crippen molar-refractivity contribution in [3.63, 3.8) is 0 Å². The molecule has 1 aromatic carbocycles. The number of hydrogen-bond donors (Lipinski definition) is 1. The zero-order chi connectivity index (χ0) is 18.3. The Bertz CT molecular complexity index is 490. The Morgan fingerprint density at radius 2 is 1.09 bits per heavy atom. The molecule has 1 N–H and O–H groups in total. The van der Waals surface area contributed by atoms with Crippen LogP contribution in [-0.2, 0) is 4.43 Å². The molecule has 0 aromatic heterocycles. The molecule has 1 aromatic rings. The predicted octanol–water partition coefficient (Wildman–Crippen LogP) is 4.35. The van der Waals surface area contributed by atoms with Gasteiger partial charge in [-0.25, -0.2) is 0 Å². The number of benzene rings is 1. The average molecular weight is 385 g/mol. The van der Waals surface area contributed by atoms with Crippen molar-refractivity contribution >= 4 is 38.0 Å². The van der Waals surface area contributed by atoms with E-state index in [1.807, 2.05) is 18.2 Å². The molecule has 0 fully saturated rings. The highest BCUT2D eigenvalue weighted by molar-refractivity contribution is 7.29. The lowest BCUT2D eigenvalue weighted by molar-refractivity contribution is 0.301. The van der Waals surface area contributed by atoms with Gasteiger partial charge in [0.2, 0.25) is 0 Å². The molecule has 0 aliphatic rings. The van der Waals surface area contributed by atoms with Crippen LogP contribution in [0.3, 0.4) is 0 Å². The Hall–Kier alpha value is 0.00753. The van der Waals surface area contributed by atoms with Crippen molar-refractivity contribution in [1.82, 2.24) is 0 Å². The second-order valence-electron chi connectivity index (χ2n) is 9.71. The van der Waals surface area contributed by atoms with Gasteiger partial charge in [0.1, 0.15) is 0 Å². The first-order valence-corrected chi connectivity index (χ1v) is 20.9. The van der Waals surface area contributed by atoms with Gasteiger partial charge in [0, 0.05) is 35.2 Å². The monoisotopic (exact) mass is 384 g/mol. The molecule has 0 saturated carbocycles. The number of rotatable bonds is 6. The molecule has 0 radical (unpaired) electrons. The van der Waals surface area contributed by atoms with Crippen LogP contribution in [0.25, 0.3) is 0 Å². The van der Waals surface area contributed by atoms with Crippen LogP contribution in [0.4, 0.5) is 0 Å². The first kappa shape index (κ1) is 21.1. The smallest absolute Gasteiger partial charge is 0.367 e. The quantitative estimate of drug-likeness (QED) is 0.739. The summed E-state index contributed by atoms with van der Waals surface area (Å²) in [6.07, 6.45) is 0. The summed E-state index contributed by atoms with van der Waals surface area (Å²) in [5.41, 5.74) is 0. The zero-order valence-electron chi connectivity index (χ0n) is 16.7. The minimum Gasteiger partial charge on any atom is -0.407 e. The molecule has 1 rings (SSSR count). The summed E-state index contributed by atoms with van der Waals surface area (Å²) in [5, 5.41) is 1.05. The van der Waals surface area contributed by atoms with Crippen LogP contribution >= 0.6 is 0 Å². The molecule has 23 heavy (non-hydrogen) atoms. The van der Waals surface area contributed by atoms with E-state index in [0.717, 1.165) is 5.19 Å². The lowest BCUT2D eigenvalue weighted by atomic mass is 10.4. The summed E-state index contributed by atoms with van der Waals surface area (Å²) in [7, 11) is -6.57. The Morgan fingerprint density at radius 3 is 1.35 bits per heavy atom. The second kappa shape index (κ2) is 6.38. The maximum absolute atomic E-state index is 12.2. The maximum Gasteiger partial charge on any atom is 0.367 e. The topological polar surface area (TPSA) is 29.5 Å². The van der Waals surface area contributed by atoms with E-state index in [1.54, 1.807) is 7.11 Å². The maximum atomic E-state index is 12.2. The highest BCUT2D eigenvalue weighted by atomic mass is 28.5. The zero-order valence-corrected chi connectivity index (χ0v) is 20.7. The fourth-order valence-corrected chi connectivity index (χ4v) is 49.1. The van der Waals surface area contributed by atoms with E-state index in [1.165, 1.54) is 0 Å². The van der Waals surface area contributed by atoms with Crippen LogP contribution in [0, 0.1) is 0 Å². The van der Waals surface area contributed by atoms with E-state index in [0.29, 0.717) is 0 Å². The fraction of sp³-hybridized carbons (Fsp3) is 0.647. The Balaban J connectivity index is 3.96. The van der Waals surface area contributed by atoms with Gasteiger partial charge in [-0.3, -0.25) is 0 Å². The summed E-state index contributed by atoms with van der Waals surface area (Å²) < 4.78 is 6.18. The molecule has 0 amide bonds. The van der Waals surface area contributed by atoms with Gasteiger partial charge in [-0.1, -0.05) is 89.3 Å². The standard InChI is InChI=1S/C17H36O2Si4/c1-19-23(18,16-14-12-11-13-15-16)17(20(2,3)4,21(5,6)7)22(8,9)10/h11-15,18H,1-10H3. The van der Waals surface area contributed by atoms with Gasteiger partial charge >= 0.3 is 8.56 Å². The van der Waals surface area contributed by atoms with Crippen molar-refractivity contribution in [1.29, 1.82) is 0 Å². The van der Waals surface area contributed by atoms with E-state index in [9.17, 15) is 4.80 Å². The SMILES string of the molecule is CO[Si](O)(c1ccccc1)C([Si](C)(C)C)([Si](C)(C)C)[Si](C)(C)C. The van der Waals surface area contributed by atoms with E-state index in [-0.39, 0.29) is 3.91 Å². The van der Waals surface area contributed by atoms with Gasteiger partial charge in [-0.15, -0.1) is 0 Å². The molecular formula is C17H36O2Si4. The van der Waals surface area contributed by atoms with Crippen molar-refractivity contribution in [2.24, 2.45) is 0 Å². The molecule has 0 aliphatic carbocycles. The van der Waals surface area contributed by atoms with Crippen LogP contribution in [0.5, 0.6) is 0 Å². The molecule has 6 heteroatoms. The molecular weight excluding hydrogens is 349 g/mol. The number of hydrogen-bond acceptors (Lipinski definition) is 2. The van der Waals surface area contributed by atoms with Crippen LogP contribution in [-0.4, -0.2) is 44.7 Å². The Labute approximate surface area is 147 Å². The van der Waals surface area contributed by atoms with Gasteiger partial charge in [0.15, 0.2) is 0 Å². The fourth-order valence-electron chi connectivity index (χ4n) is 6.05.